The highest BCUT2D eigenvalue weighted by Crippen LogP contribution is 2.28. The number of rotatable bonds is 8. The summed E-state index contributed by atoms with van der Waals surface area (Å²) in [7, 11) is -2.51. The molecular weight excluding hydrogens is 379 g/mol. The third kappa shape index (κ3) is 4.94. The minimum Gasteiger partial charge on any atom is -0.494 e. The standard InChI is InChI=1S/C18H23FN2O3S.ClH/c1-14-17(9-8-16(24-2)18(14)19)25(22,23)21(13-11-20)12-10-15-6-4-3-5-7-15;/h3-9H,10-13,20H2,1-2H3;1H. The maximum Gasteiger partial charge on any atom is 0.243 e. The summed E-state index contributed by atoms with van der Waals surface area (Å²) in [5.41, 5.74) is 6.65. The SMILES string of the molecule is COc1ccc(S(=O)(=O)N(CCN)CCc2ccccc2)c(C)c1F.Cl. The Morgan fingerprint density at radius 2 is 1.77 bits per heavy atom. The van der Waals surface area contributed by atoms with Crippen molar-refractivity contribution >= 4 is 22.4 Å². The molecule has 2 aromatic rings. The summed E-state index contributed by atoms with van der Waals surface area (Å²) in [5, 5.41) is 0. The van der Waals surface area contributed by atoms with Gasteiger partial charge in [-0.3, -0.25) is 0 Å². The summed E-state index contributed by atoms with van der Waals surface area (Å²) in [6, 6.07) is 12.3. The summed E-state index contributed by atoms with van der Waals surface area (Å²) in [4.78, 5) is -0.0627. The fourth-order valence-electron chi connectivity index (χ4n) is 2.61. The largest absolute Gasteiger partial charge is 0.494 e. The fraction of sp³-hybridized carbons (Fsp3) is 0.333. The number of sulfonamides is 1. The van der Waals surface area contributed by atoms with Gasteiger partial charge in [0.05, 0.1) is 12.0 Å². The zero-order valence-corrected chi connectivity index (χ0v) is 16.4. The molecule has 0 unspecified atom stereocenters. The molecule has 144 valence electrons. The van der Waals surface area contributed by atoms with Gasteiger partial charge in [0.15, 0.2) is 11.6 Å². The smallest absolute Gasteiger partial charge is 0.243 e. The van der Waals surface area contributed by atoms with E-state index in [2.05, 4.69) is 0 Å². The summed E-state index contributed by atoms with van der Waals surface area (Å²) in [5.74, 6) is -0.648. The van der Waals surface area contributed by atoms with Crippen molar-refractivity contribution in [2.75, 3.05) is 26.7 Å². The predicted molar refractivity (Wildman–Crippen MR) is 103 cm³/mol. The molecule has 5 nitrogen and oxygen atoms in total. The van der Waals surface area contributed by atoms with Crippen LogP contribution in [0.2, 0.25) is 0 Å². The molecule has 0 saturated heterocycles. The van der Waals surface area contributed by atoms with Crippen molar-refractivity contribution in [2.24, 2.45) is 5.73 Å². The van der Waals surface area contributed by atoms with Gasteiger partial charge in [0.2, 0.25) is 10.0 Å². The lowest BCUT2D eigenvalue weighted by Gasteiger charge is -2.23. The van der Waals surface area contributed by atoms with Crippen molar-refractivity contribution in [1.29, 1.82) is 0 Å². The Labute approximate surface area is 160 Å². The first-order chi connectivity index (χ1) is 11.9. The molecule has 0 amide bonds. The topological polar surface area (TPSA) is 72.6 Å². The van der Waals surface area contributed by atoms with Gasteiger partial charge in [0.1, 0.15) is 0 Å². The third-order valence-electron chi connectivity index (χ3n) is 4.01. The Morgan fingerprint density at radius 3 is 2.35 bits per heavy atom. The molecule has 0 aromatic heterocycles. The summed E-state index contributed by atoms with van der Waals surface area (Å²) in [6.07, 6.45) is 0.553. The summed E-state index contributed by atoms with van der Waals surface area (Å²) >= 11 is 0. The summed E-state index contributed by atoms with van der Waals surface area (Å²) in [6.45, 7) is 2.06. The van der Waals surface area contributed by atoms with Gasteiger partial charge in [0, 0.05) is 25.2 Å². The number of hydrogen-bond acceptors (Lipinski definition) is 4. The van der Waals surface area contributed by atoms with Crippen molar-refractivity contribution in [1.82, 2.24) is 4.31 Å². The van der Waals surface area contributed by atoms with E-state index >= 15 is 0 Å². The van der Waals surface area contributed by atoms with Crippen LogP contribution in [0, 0.1) is 12.7 Å². The van der Waals surface area contributed by atoms with Gasteiger partial charge in [-0.25, -0.2) is 12.8 Å². The van der Waals surface area contributed by atoms with Crippen LogP contribution in [-0.2, 0) is 16.4 Å². The van der Waals surface area contributed by atoms with Crippen LogP contribution in [0.5, 0.6) is 5.75 Å². The molecule has 0 bridgehead atoms. The lowest BCUT2D eigenvalue weighted by atomic mass is 10.1. The predicted octanol–water partition coefficient (Wildman–Crippen LogP) is 2.76. The molecule has 2 N–H and O–H groups in total. The highest BCUT2D eigenvalue weighted by Gasteiger charge is 2.27. The first-order valence-electron chi connectivity index (χ1n) is 7.99. The zero-order valence-electron chi connectivity index (χ0n) is 14.8. The van der Waals surface area contributed by atoms with Crippen molar-refractivity contribution in [3.8, 4) is 5.75 Å². The second-order valence-electron chi connectivity index (χ2n) is 5.63. The van der Waals surface area contributed by atoms with Crippen molar-refractivity contribution in [3.05, 3.63) is 59.4 Å². The molecule has 0 aliphatic carbocycles. The van der Waals surface area contributed by atoms with Gasteiger partial charge in [-0.1, -0.05) is 30.3 Å². The van der Waals surface area contributed by atoms with E-state index in [4.69, 9.17) is 10.5 Å². The van der Waals surface area contributed by atoms with Gasteiger partial charge < -0.3 is 10.5 Å². The average molecular weight is 403 g/mol. The van der Waals surface area contributed by atoms with Crippen LogP contribution in [-0.4, -0.2) is 39.5 Å². The molecule has 0 spiro atoms. The number of ether oxygens (including phenoxy) is 1. The van der Waals surface area contributed by atoms with Crippen LogP contribution in [0.4, 0.5) is 4.39 Å². The minimum absolute atomic E-state index is 0. The van der Waals surface area contributed by atoms with E-state index in [-0.39, 0.29) is 48.2 Å². The number of benzene rings is 2. The van der Waals surface area contributed by atoms with Crippen LogP contribution in [0.1, 0.15) is 11.1 Å². The van der Waals surface area contributed by atoms with Crippen LogP contribution in [0.25, 0.3) is 0 Å². The third-order valence-corrected chi connectivity index (χ3v) is 6.05. The lowest BCUT2D eigenvalue weighted by molar-refractivity contribution is 0.383. The normalized spacial score (nSPS) is 11.3. The average Bonchev–Trinajstić information content (AvgIpc) is 2.61. The van der Waals surface area contributed by atoms with E-state index in [1.54, 1.807) is 0 Å². The monoisotopic (exact) mass is 402 g/mol. The Morgan fingerprint density at radius 1 is 1.12 bits per heavy atom. The van der Waals surface area contributed by atoms with Gasteiger partial charge in [-0.15, -0.1) is 12.4 Å². The lowest BCUT2D eigenvalue weighted by Crippen LogP contribution is -2.37. The minimum atomic E-state index is -3.85. The molecule has 0 aliphatic heterocycles. The Bertz CT molecular complexity index is 817. The number of halogens is 2. The number of methoxy groups -OCH3 is 1. The van der Waals surface area contributed by atoms with Crippen LogP contribution >= 0.6 is 12.4 Å². The Balaban J connectivity index is 0.00000338. The van der Waals surface area contributed by atoms with Crippen molar-refractivity contribution < 1.29 is 17.5 Å². The molecule has 0 aliphatic rings. The van der Waals surface area contributed by atoms with Gasteiger partial charge in [-0.2, -0.15) is 4.31 Å². The van der Waals surface area contributed by atoms with E-state index in [0.717, 1.165) is 5.56 Å². The van der Waals surface area contributed by atoms with E-state index in [1.807, 2.05) is 30.3 Å². The maximum atomic E-state index is 14.3. The van der Waals surface area contributed by atoms with E-state index in [1.165, 1.54) is 30.5 Å². The summed E-state index contributed by atoms with van der Waals surface area (Å²) < 4.78 is 46.4. The highest BCUT2D eigenvalue weighted by molar-refractivity contribution is 7.89. The molecule has 2 rings (SSSR count). The van der Waals surface area contributed by atoms with Crippen molar-refractivity contribution in [2.45, 2.75) is 18.2 Å². The molecule has 0 radical (unpaired) electrons. The first kappa shape index (κ1) is 22.4. The zero-order chi connectivity index (χ0) is 18.4. The Hall–Kier alpha value is -1.67. The fourth-order valence-corrected chi connectivity index (χ4v) is 4.29. The number of nitrogens with zero attached hydrogens (tertiary/aromatic N) is 1. The second kappa shape index (κ2) is 9.87. The van der Waals surface area contributed by atoms with Crippen LogP contribution < -0.4 is 10.5 Å². The first-order valence-corrected chi connectivity index (χ1v) is 9.43. The molecule has 0 fully saturated rings. The maximum absolute atomic E-state index is 14.3. The molecular formula is C18H24ClFN2O3S. The quantitative estimate of drug-likeness (QED) is 0.736. The molecule has 0 heterocycles. The highest BCUT2D eigenvalue weighted by atomic mass is 35.5. The number of nitrogens with two attached hydrogens (primary N) is 1. The van der Waals surface area contributed by atoms with Crippen molar-refractivity contribution in [3.63, 3.8) is 0 Å². The molecule has 0 atom stereocenters. The molecule has 2 aromatic carbocycles. The van der Waals surface area contributed by atoms with Crippen LogP contribution in [0.3, 0.4) is 0 Å². The second-order valence-corrected chi connectivity index (χ2v) is 7.54. The van der Waals surface area contributed by atoms with E-state index in [9.17, 15) is 12.8 Å². The van der Waals surface area contributed by atoms with Gasteiger partial charge in [-0.05, 0) is 31.0 Å². The molecule has 8 heteroatoms. The van der Waals surface area contributed by atoms with E-state index in [0.29, 0.717) is 6.42 Å². The van der Waals surface area contributed by atoms with E-state index < -0.39 is 15.8 Å². The van der Waals surface area contributed by atoms with Gasteiger partial charge >= 0.3 is 0 Å². The molecule has 0 saturated carbocycles. The Kier molecular flexibility index (Phi) is 8.49. The number of hydrogen-bond donors (Lipinski definition) is 1. The van der Waals surface area contributed by atoms with Crippen LogP contribution in [0.15, 0.2) is 47.4 Å². The van der Waals surface area contributed by atoms with Gasteiger partial charge in [0.25, 0.3) is 0 Å². The molecule has 26 heavy (non-hydrogen) atoms.